The molecule has 0 radical (unpaired) electrons. The maximum atomic E-state index is 12.5. The standard InChI is InChI=1S/C15H17NO3/c17-14(12-9-10-5-1-2-6-11(10)12)16-8-4-3-7-13(16)15(18)19/h1-2,5-6,12-13H,3-4,7-9H2,(H,18,19). The van der Waals surface area contributed by atoms with Gasteiger partial charge in [-0.3, -0.25) is 4.79 Å². The highest BCUT2D eigenvalue weighted by Gasteiger charge is 2.39. The minimum absolute atomic E-state index is 0.00852. The Morgan fingerprint density at radius 1 is 1.21 bits per heavy atom. The fourth-order valence-corrected chi connectivity index (χ4v) is 3.13. The Labute approximate surface area is 112 Å². The molecular formula is C15H17NO3. The third kappa shape index (κ3) is 2.01. The van der Waals surface area contributed by atoms with E-state index in [0.29, 0.717) is 13.0 Å². The number of amides is 1. The SMILES string of the molecule is O=C(O)C1CCCCN1C(=O)C1Cc2ccccc21. The van der Waals surface area contributed by atoms with E-state index in [1.54, 1.807) is 4.90 Å². The van der Waals surface area contributed by atoms with Crippen molar-refractivity contribution in [3.05, 3.63) is 35.4 Å². The quantitative estimate of drug-likeness (QED) is 0.881. The van der Waals surface area contributed by atoms with Gasteiger partial charge < -0.3 is 10.0 Å². The number of carbonyl (C=O) groups excluding carboxylic acids is 1. The molecular weight excluding hydrogens is 242 g/mol. The summed E-state index contributed by atoms with van der Waals surface area (Å²) in [6.45, 7) is 0.578. The summed E-state index contributed by atoms with van der Waals surface area (Å²) in [4.78, 5) is 25.3. The summed E-state index contributed by atoms with van der Waals surface area (Å²) >= 11 is 0. The lowest BCUT2D eigenvalue weighted by molar-refractivity contribution is -0.153. The van der Waals surface area contributed by atoms with Gasteiger partial charge in [-0.05, 0) is 36.8 Å². The van der Waals surface area contributed by atoms with E-state index < -0.39 is 12.0 Å². The Bertz CT molecular complexity index is 526. The van der Waals surface area contributed by atoms with Crippen molar-refractivity contribution in [3.63, 3.8) is 0 Å². The van der Waals surface area contributed by atoms with Crippen molar-refractivity contribution in [2.45, 2.75) is 37.6 Å². The van der Waals surface area contributed by atoms with Crippen LogP contribution in [0, 0.1) is 0 Å². The summed E-state index contributed by atoms with van der Waals surface area (Å²) in [5.74, 6) is -1.01. The number of hydrogen-bond acceptors (Lipinski definition) is 2. The highest BCUT2D eigenvalue weighted by molar-refractivity contribution is 5.90. The number of benzene rings is 1. The molecule has 1 N–H and O–H groups in total. The van der Waals surface area contributed by atoms with Gasteiger partial charge in [0.05, 0.1) is 5.92 Å². The van der Waals surface area contributed by atoms with Crippen molar-refractivity contribution in [1.29, 1.82) is 0 Å². The van der Waals surface area contributed by atoms with Crippen molar-refractivity contribution in [2.75, 3.05) is 6.54 Å². The Kier molecular flexibility index (Phi) is 3.01. The number of carboxylic acids is 1. The molecule has 0 spiro atoms. The molecule has 1 aromatic carbocycles. The number of piperidine rings is 1. The van der Waals surface area contributed by atoms with E-state index in [0.717, 1.165) is 24.8 Å². The van der Waals surface area contributed by atoms with Crippen LogP contribution in [-0.2, 0) is 16.0 Å². The predicted octanol–water partition coefficient (Wildman–Crippen LogP) is 1.79. The van der Waals surface area contributed by atoms with Crippen LogP contribution in [0.4, 0.5) is 0 Å². The number of carbonyl (C=O) groups is 2. The molecule has 2 atom stereocenters. The number of hydrogen-bond donors (Lipinski definition) is 1. The van der Waals surface area contributed by atoms with Crippen molar-refractivity contribution in [2.24, 2.45) is 0 Å². The number of likely N-dealkylation sites (tertiary alicyclic amines) is 1. The zero-order valence-electron chi connectivity index (χ0n) is 10.7. The first-order valence-corrected chi connectivity index (χ1v) is 6.79. The first-order valence-electron chi connectivity index (χ1n) is 6.79. The van der Waals surface area contributed by atoms with E-state index in [-0.39, 0.29) is 11.8 Å². The smallest absolute Gasteiger partial charge is 0.326 e. The highest BCUT2D eigenvalue weighted by Crippen LogP contribution is 2.37. The van der Waals surface area contributed by atoms with Crippen LogP contribution in [0.25, 0.3) is 0 Å². The van der Waals surface area contributed by atoms with Crippen molar-refractivity contribution in [1.82, 2.24) is 4.90 Å². The molecule has 1 aliphatic heterocycles. The maximum absolute atomic E-state index is 12.5. The minimum atomic E-state index is -0.874. The molecule has 1 amide bonds. The summed E-state index contributed by atoms with van der Waals surface area (Å²) in [7, 11) is 0. The molecule has 1 aliphatic carbocycles. The van der Waals surface area contributed by atoms with Gasteiger partial charge in [0.15, 0.2) is 0 Å². The molecule has 1 fully saturated rings. The monoisotopic (exact) mass is 259 g/mol. The van der Waals surface area contributed by atoms with Crippen LogP contribution in [-0.4, -0.2) is 34.5 Å². The van der Waals surface area contributed by atoms with Gasteiger partial charge in [-0.1, -0.05) is 24.3 Å². The molecule has 4 nitrogen and oxygen atoms in total. The minimum Gasteiger partial charge on any atom is -0.480 e. The molecule has 1 saturated heterocycles. The number of nitrogens with zero attached hydrogens (tertiary/aromatic N) is 1. The van der Waals surface area contributed by atoms with Crippen molar-refractivity contribution >= 4 is 11.9 Å². The average molecular weight is 259 g/mol. The van der Waals surface area contributed by atoms with E-state index >= 15 is 0 Å². The van der Waals surface area contributed by atoms with Gasteiger partial charge in [0, 0.05) is 6.54 Å². The van der Waals surface area contributed by atoms with Crippen LogP contribution >= 0.6 is 0 Å². The molecule has 2 aliphatic rings. The summed E-state index contributed by atoms with van der Waals surface area (Å²) in [6.07, 6.45) is 3.12. The molecule has 1 aromatic rings. The summed E-state index contributed by atoms with van der Waals surface area (Å²) in [5.41, 5.74) is 2.28. The van der Waals surface area contributed by atoms with Crippen LogP contribution in [0.3, 0.4) is 0 Å². The molecule has 100 valence electrons. The lowest BCUT2D eigenvalue weighted by atomic mass is 9.76. The Morgan fingerprint density at radius 3 is 2.74 bits per heavy atom. The normalized spacial score (nSPS) is 25.4. The Balaban J connectivity index is 1.79. The van der Waals surface area contributed by atoms with Crippen LogP contribution in [0.2, 0.25) is 0 Å². The topological polar surface area (TPSA) is 57.6 Å². The first kappa shape index (κ1) is 12.2. The molecule has 19 heavy (non-hydrogen) atoms. The van der Waals surface area contributed by atoms with Crippen LogP contribution in [0.1, 0.15) is 36.3 Å². The second-order valence-electron chi connectivity index (χ2n) is 5.34. The van der Waals surface area contributed by atoms with Gasteiger partial charge in [0.2, 0.25) is 5.91 Å². The molecule has 4 heteroatoms. The average Bonchev–Trinajstić information content (AvgIpc) is 2.40. The van der Waals surface area contributed by atoms with Gasteiger partial charge >= 0.3 is 5.97 Å². The molecule has 2 unspecified atom stereocenters. The first-order chi connectivity index (χ1) is 9.18. The zero-order valence-corrected chi connectivity index (χ0v) is 10.7. The largest absolute Gasteiger partial charge is 0.480 e. The van der Waals surface area contributed by atoms with Crippen molar-refractivity contribution in [3.8, 4) is 0 Å². The van der Waals surface area contributed by atoms with E-state index in [1.807, 2.05) is 24.3 Å². The van der Waals surface area contributed by atoms with Gasteiger partial charge in [0.1, 0.15) is 6.04 Å². The lowest BCUT2D eigenvalue weighted by Gasteiger charge is -2.38. The second kappa shape index (κ2) is 4.68. The summed E-state index contributed by atoms with van der Waals surface area (Å²) in [5, 5.41) is 9.23. The molecule has 0 aromatic heterocycles. The van der Waals surface area contributed by atoms with E-state index in [1.165, 1.54) is 5.56 Å². The zero-order chi connectivity index (χ0) is 13.4. The molecule has 0 bridgehead atoms. The summed E-state index contributed by atoms with van der Waals surface area (Å²) in [6, 6.07) is 7.28. The van der Waals surface area contributed by atoms with Crippen LogP contribution < -0.4 is 0 Å². The lowest BCUT2D eigenvalue weighted by Crippen LogP contribution is -2.51. The highest BCUT2D eigenvalue weighted by atomic mass is 16.4. The summed E-state index contributed by atoms with van der Waals surface area (Å²) < 4.78 is 0. The number of aliphatic carboxylic acids is 1. The van der Waals surface area contributed by atoms with E-state index in [2.05, 4.69) is 0 Å². The Hall–Kier alpha value is -1.84. The van der Waals surface area contributed by atoms with Crippen molar-refractivity contribution < 1.29 is 14.7 Å². The molecule has 0 saturated carbocycles. The fourth-order valence-electron chi connectivity index (χ4n) is 3.13. The second-order valence-corrected chi connectivity index (χ2v) is 5.34. The van der Waals surface area contributed by atoms with Gasteiger partial charge in [-0.15, -0.1) is 0 Å². The van der Waals surface area contributed by atoms with Crippen LogP contribution in [0.15, 0.2) is 24.3 Å². The maximum Gasteiger partial charge on any atom is 0.326 e. The van der Waals surface area contributed by atoms with Gasteiger partial charge in [0.25, 0.3) is 0 Å². The van der Waals surface area contributed by atoms with E-state index in [9.17, 15) is 14.7 Å². The molecule has 3 rings (SSSR count). The van der Waals surface area contributed by atoms with Gasteiger partial charge in [-0.2, -0.15) is 0 Å². The third-order valence-corrected chi connectivity index (χ3v) is 4.22. The predicted molar refractivity (Wildman–Crippen MR) is 69.9 cm³/mol. The van der Waals surface area contributed by atoms with Gasteiger partial charge in [-0.25, -0.2) is 4.79 Å². The van der Waals surface area contributed by atoms with Crippen LogP contribution in [0.5, 0.6) is 0 Å². The molecule has 1 heterocycles. The Morgan fingerprint density at radius 2 is 2.00 bits per heavy atom. The number of carboxylic acid groups (broad SMARTS) is 1. The third-order valence-electron chi connectivity index (χ3n) is 4.22. The van der Waals surface area contributed by atoms with E-state index in [4.69, 9.17) is 0 Å². The number of fused-ring (bicyclic) bond motifs is 1. The fraction of sp³-hybridized carbons (Fsp3) is 0.467. The number of rotatable bonds is 2.